The normalized spacial score (nSPS) is 15.3. The summed E-state index contributed by atoms with van der Waals surface area (Å²) in [7, 11) is 0. The van der Waals surface area contributed by atoms with Gasteiger partial charge in [0.25, 0.3) is 0 Å². The zero-order valence-electron chi connectivity index (χ0n) is 15.4. The molecule has 2 aromatic rings. The second kappa shape index (κ2) is 8.61. The van der Waals surface area contributed by atoms with Gasteiger partial charge in [-0.15, -0.1) is 0 Å². The molecule has 3 rings (SSSR count). The summed E-state index contributed by atoms with van der Waals surface area (Å²) in [6.45, 7) is 2.44. The van der Waals surface area contributed by atoms with Gasteiger partial charge in [-0.05, 0) is 74.5 Å². The molecular weight excluding hydrogens is 348 g/mol. The topological polar surface area (TPSA) is 40.5 Å². The lowest BCUT2D eigenvalue weighted by Crippen LogP contribution is -2.41. The first-order valence-corrected chi connectivity index (χ1v) is 9.45. The quantitative estimate of drug-likeness (QED) is 0.685. The van der Waals surface area contributed by atoms with E-state index < -0.39 is 12.0 Å². The predicted octanol–water partition coefficient (Wildman–Crippen LogP) is 4.81. The molecule has 3 nitrogen and oxygen atoms in total. The van der Waals surface area contributed by atoms with Gasteiger partial charge in [0.05, 0.1) is 0 Å². The minimum atomic E-state index is -0.796. The Balaban J connectivity index is 1.72. The van der Waals surface area contributed by atoms with Gasteiger partial charge in [0.2, 0.25) is 0 Å². The van der Waals surface area contributed by atoms with E-state index in [0.29, 0.717) is 12.6 Å². The van der Waals surface area contributed by atoms with Crippen LogP contribution in [0.3, 0.4) is 0 Å². The van der Waals surface area contributed by atoms with Crippen molar-refractivity contribution in [2.24, 2.45) is 0 Å². The van der Waals surface area contributed by atoms with Crippen LogP contribution in [0.15, 0.2) is 48.5 Å². The molecule has 0 saturated heterocycles. The van der Waals surface area contributed by atoms with E-state index in [9.17, 15) is 18.7 Å². The molecule has 1 N–H and O–H groups in total. The van der Waals surface area contributed by atoms with Gasteiger partial charge >= 0.3 is 5.97 Å². The average Bonchev–Trinajstić information content (AvgIpc) is 3.48. The highest BCUT2D eigenvalue weighted by atomic mass is 19.1. The molecule has 0 bridgehead atoms. The van der Waals surface area contributed by atoms with Crippen LogP contribution in [0.25, 0.3) is 0 Å². The van der Waals surface area contributed by atoms with Crippen LogP contribution in [-0.2, 0) is 4.79 Å². The van der Waals surface area contributed by atoms with Gasteiger partial charge in [-0.2, -0.15) is 0 Å². The number of halogens is 2. The summed E-state index contributed by atoms with van der Waals surface area (Å²) in [6.07, 6.45) is 3.70. The monoisotopic (exact) mass is 373 g/mol. The summed E-state index contributed by atoms with van der Waals surface area (Å²) in [6, 6.07) is 12.7. The van der Waals surface area contributed by atoms with E-state index in [4.69, 9.17) is 0 Å². The number of nitrogens with zero attached hydrogens (tertiary/aromatic N) is 1. The Morgan fingerprint density at radius 3 is 1.93 bits per heavy atom. The highest BCUT2D eigenvalue weighted by molar-refractivity contribution is 5.73. The number of carboxylic acids is 1. The van der Waals surface area contributed by atoms with Crippen molar-refractivity contribution in [3.63, 3.8) is 0 Å². The van der Waals surface area contributed by atoms with Gasteiger partial charge in [0.1, 0.15) is 17.7 Å². The summed E-state index contributed by atoms with van der Waals surface area (Å²) in [5.41, 5.74) is 1.96. The Bertz CT molecular complexity index is 711. The fourth-order valence-corrected chi connectivity index (χ4v) is 3.63. The number of hydrogen-bond donors (Lipinski definition) is 1. The number of aliphatic carboxylic acids is 1. The zero-order chi connectivity index (χ0) is 19.4. The molecule has 0 heterocycles. The molecule has 0 aromatic heterocycles. The van der Waals surface area contributed by atoms with E-state index >= 15 is 0 Å². The van der Waals surface area contributed by atoms with Crippen LogP contribution in [0.4, 0.5) is 8.78 Å². The van der Waals surface area contributed by atoms with Gasteiger partial charge in [-0.25, -0.2) is 8.78 Å². The number of rotatable bonds is 9. The fraction of sp³-hybridized carbons (Fsp3) is 0.409. The molecule has 1 aliphatic rings. The second-order valence-electron chi connectivity index (χ2n) is 7.28. The molecule has 0 radical (unpaired) electrons. The van der Waals surface area contributed by atoms with Crippen LogP contribution < -0.4 is 0 Å². The van der Waals surface area contributed by atoms with E-state index in [0.717, 1.165) is 36.8 Å². The van der Waals surface area contributed by atoms with Crippen molar-refractivity contribution >= 4 is 5.97 Å². The van der Waals surface area contributed by atoms with Crippen LogP contribution in [0.5, 0.6) is 0 Å². The van der Waals surface area contributed by atoms with Crippen LogP contribution in [-0.4, -0.2) is 34.6 Å². The van der Waals surface area contributed by atoms with Crippen molar-refractivity contribution in [3.05, 3.63) is 71.3 Å². The third kappa shape index (κ3) is 5.13. The smallest absolute Gasteiger partial charge is 0.320 e. The van der Waals surface area contributed by atoms with Gasteiger partial charge in [-0.1, -0.05) is 24.3 Å². The molecule has 2 aromatic carbocycles. The Hall–Kier alpha value is -2.27. The Labute approximate surface area is 158 Å². The highest BCUT2D eigenvalue weighted by Crippen LogP contribution is 2.32. The number of hydrogen-bond acceptors (Lipinski definition) is 2. The molecule has 0 aliphatic heterocycles. The Morgan fingerprint density at radius 1 is 1.04 bits per heavy atom. The van der Waals surface area contributed by atoms with Gasteiger partial charge in [0.15, 0.2) is 0 Å². The van der Waals surface area contributed by atoms with Crippen molar-refractivity contribution in [2.75, 3.05) is 6.54 Å². The second-order valence-corrected chi connectivity index (χ2v) is 7.28. The van der Waals surface area contributed by atoms with E-state index in [1.54, 1.807) is 31.2 Å². The maximum atomic E-state index is 13.3. The van der Waals surface area contributed by atoms with Crippen molar-refractivity contribution in [1.82, 2.24) is 4.90 Å². The first kappa shape index (κ1) is 19.5. The minimum absolute atomic E-state index is 0.0207. The van der Waals surface area contributed by atoms with Crippen molar-refractivity contribution in [1.29, 1.82) is 0 Å². The first-order valence-electron chi connectivity index (χ1n) is 9.45. The van der Waals surface area contributed by atoms with E-state index in [2.05, 4.69) is 4.90 Å². The molecule has 5 heteroatoms. The Morgan fingerprint density at radius 2 is 1.52 bits per heavy atom. The maximum Gasteiger partial charge on any atom is 0.320 e. The lowest BCUT2D eigenvalue weighted by molar-refractivity contribution is -0.142. The lowest BCUT2D eigenvalue weighted by atomic mass is 9.87. The molecule has 27 heavy (non-hydrogen) atoms. The van der Waals surface area contributed by atoms with Crippen molar-refractivity contribution in [3.8, 4) is 0 Å². The lowest BCUT2D eigenvalue weighted by Gasteiger charge is -2.27. The van der Waals surface area contributed by atoms with Crippen LogP contribution in [0.1, 0.15) is 49.7 Å². The highest BCUT2D eigenvalue weighted by Gasteiger charge is 2.34. The molecular formula is C22H25F2NO2. The van der Waals surface area contributed by atoms with E-state index in [1.165, 1.54) is 24.3 Å². The van der Waals surface area contributed by atoms with Crippen molar-refractivity contribution in [2.45, 2.75) is 50.6 Å². The Kier molecular flexibility index (Phi) is 6.22. The standard InChI is InChI=1S/C22H25F2NO2/c1-15(22(26)27)25(20-12-13-20)14-2-3-21(16-4-8-18(23)9-5-16)17-6-10-19(24)11-7-17/h4-11,15,20-21H,2-3,12-14H2,1H3,(H,26,27). The zero-order valence-corrected chi connectivity index (χ0v) is 15.4. The summed E-state index contributed by atoms with van der Waals surface area (Å²) >= 11 is 0. The molecule has 1 unspecified atom stereocenters. The summed E-state index contributed by atoms with van der Waals surface area (Å²) < 4.78 is 26.6. The molecule has 1 saturated carbocycles. The van der Waals surface area contributed by atoms with E-state index in [-0.39, 0.29) is 17.6 Å². The number of benzene rings is 2. The van der Waals surface area contributed by atoms with Gasteiger partial charge in [-0.3, -0.25) is 9.69 Å². The maximum absolute atomic E-state index is 13.3. The number of carboxylic acid groups (broad SMARTS) is 1. The minimum Gasteiger partial charge on any atom is -0.480 e. The van der Waals surface area contributed by atoms with Crippen LogP contribution in [0, 0.1) is 11.6 Å². The van der Waals surface area contributed by atoms with Crippen LogP contribution >= 0.6 is 0 Å². The summed E-state index contributed by atoms with van der Waals surface area (Å²) in [4.78, 5) is 13.4. The molecule has 0 spiro atoms. The fourth-order valence-electron chi connectivity index (χ4n) is 3.63. The van der Waals surface area contributed by atoms with Crippen LogP contribution in [0.2, 0.25) is 0 Å². The average molecular weight is 373 g/mol. The molecule has 1 atom stereocenters. The molecule has 1 fully saturated rings. The van der Waals surface area contributed by atoms with E-state index in [1.807, 2.05) is 0 Å². The number of carbonyl (C=O) groups is 1. The molecule has 1 aliphatic carbocycles. The van der Waals surface area contributed by atoms with Gasteiger partial charge in [0, 0.05) is 12.0 Å². The molecule has 0 amide bonds. The van der Waals surface area contributed by atoms with Gasteiger partial charge < -0.3 is 5.11 Å². The third-order valence-electron chi connectivity index (χ3n) is 5.32. The SMILES string of the molecule is CC(C(=O)O)N(CCCC(c1ccc(F)cc1)c1ccc(F)cc1)C1CC1. The summed E-state index contributed by atoms with van der Waals surface area (Å²) in [5.74, 6) is -1.35. The summed E-state index contributed by atoms with van der Waals surface area (Å²) in [5, 5.41) is 9.33. The third-order valence-corrected chi connectivity index (χ3v) is 5.32. The largest absolute Gasteiger partial charge is 0.480 e. The predicted molar refractivity (Wildman–Crippen MR) is 101 cm³/mol. The first-order chi connectivity index (χ1) is 13.0. The van der Waals surface area contributed by atoms with Crippen molar-refractivity contribution < 1.29 is 18.7 Å². The molecule has 144 valence electrons.